The molecule has 3 amide bonds. The molecule has 2 aliphatic heterocycles. The van der Waals surface area contributed by atoms with Gasteiger partial charge < -0.3 is 25.0 Å². The van der Waals surface area contributed by atoms with Gasteiger partial charge in [0.05, 0.1) is 31.2 Å². The van der Waals surface area contributed by atoms with Gasteiger partial charge in [0.2, 0.25) is 5.75 Å². The van der Waals surface area contributed by atoms with E-state index in [2.05, 4.69) is 9.88 Å². The highest BCUT2D eigenvalue weighted by atomic mass is 16.5. The molecule has 0 atom stereocenters. The van der Waals surface area contributed by atoms with E-state index >= 15 is 0 Å². The number of primary amides is 1. The first kappa shape index (κ1) is 21.9. The summed E-state index contributed by atoms with van der Waals surface area (Å²) in [5, 5.41) is 0. The minimum Gasteiger partial charge on any atom is -0.486 e. The molecular weight excluding hydrogens is 416 g/mol. The van der Waals surface area contributed by atoms with Crippen LogP contribution in [0.5, 0.6) is 5.75 Å². The number of pyridine rings is 1. The number of morpholine rings is 1. The van der Waals surface area contributed by atoms with E-state index in [0.29, 0.717) is 51.5 Å². The number of ether oxygens (including phenoxy) is 2. The lowest BCUT2D eigenvalue weighted by atomic mass is 10.2. The van der Waals surface area contributed by atoms with Crippen molar-refractivity contribution in [2.24, 2.45) is 5.73 Å². The second kappa shape index (κ2) is 9.03. The van der Waals surface area contributed by atoms with Gasteiger partial charge in [-0.15, -0.1) is 0 Å². The van der Waals surface area contributed by atoms with Crippen molar-refractivity contribution in [1.82, 2.24) is 14.3 Å². The molecule has 4 rings (SSSR count). The third-order valence-electron chi connectivity index (χ3n) is 5.71. The van der Waals surface area contributed by atoms with Crippen molar-refractivity contribution in [2.75, 3.05) is 62.8 Å². The van der Waals surface area contributed by atoms with Gasteiger partial charge in [0.25, 0.3) is 5.91 Å². The molecule has 2 fully saturated rings. The molecule has 11 nitrogen and oxygen atoms in total. The van der Waals surface area contributed by atoms with Gasteiger partial charge in [0, 0.05) is 39.4 Å². The number of amides is 3. The Morgan fingerprint density at radius 3 is 2.59 bits per heavy atom. The minimum atomic E-state index is -0.857. The number of unbranched alkanes of at least 4 members (excludes halogenated alkanes) is 1. The smallest absolute Gasteiger partial charge is 0.324 e. The summed E-state index contributed by atoms with van der Waals surface area (Å²) in [5.74, 6) is -1.03. The Bertz CT molecular complexity index is 1090. The molecule has 4 heterocycles. The van der Waals surface area contributed by atoms with E-state index in [1.54, 1.807) is 23.0 Å². The number of hydrogen-bond donors (Lipinski definition) is 1. The summed E-state index contributed by atoms with van der Waals surface area (Å²) in [6.07, 6.45) is 3.25. The Kier molecular flexibility index (Phi) is 6.17. The van der Waals surface area contributed by atoms with E-state index in [1.807, 2.05) is 13.0 Å². The number of carbonyl (C=O) groups is 2. The number of likely N-dealkylation sites (N-methyl/N-ethyl adjacent to an activating group) is 1. The van der Waals surface area contributed by atoms with E-state index in [4.69, 9.17) is 15.2 Å². The maximum Gasteiger partial charge on any atom is 0.324 e. The second-order valence-corrected chi connectivity index (χ2v) is 7.89. The fourth-order valence-corrected chi connectivity index (χ4v) is 3.87. The normalized spacial score (nSPS) is 16.8. The zero-order valence-electron chi connectivity index (χ0n) is 18.4. The third kappa shape index (κ3) is 3.95. The molecule has 11 heteroatoms. The van der Waals surface area contributed by atoms with Crippen LogP contribution in [0.25, 0.3) is 5.65 Å². The Hall–Kier alpha value is -3.34. The van der Waals surface area contributed by atoms with Crippen LogP contribution in [0, 0.1) is 0 Å². The minimum absolute atomic E-state index is 0.168. The zero-order chi connectivity index (χ0) is 22.8. The first-order valence-electron chi connectivity index (χ1n) is 10.8. The van der Waals surface area contributed by atoms with Gasteiger partial charge in [-0.1, -0.05) is 13.3 Å². The van der Waals surface area contributed by atoms with Crippen molar-refractivity contribution in [3.8, 4) is 5.75 Å². The molecular formula is C21H28N6O5. The van der Waals surface area contributed by atoms with Crippen LogP contribution in [0.3, 0.4) is 0 Å². The molecule has 0 radical (unpaired) electrons. The van der Waals surface area contributed by atoms with E-state index in [-0.39, 0.29) is 29.7 Å². The van der Waals surface area contributed by atoms with Crippen LogP contribution in [0.4, 0.5) is 16.2 Å². The van der Waals surface area contributed by atoms with Crippen molar-refractivity contribution >= 4 is 29.0 Å². The maximum absolute atomic E-state index is 13.4. The topological polar surface area (TPSA) is 123 Å². The monoisotopic (exact) mass is 444 g/mol. The van der Waals surface area contributed by atoms with Crippen molar-refractivity contribution < 1.29 is 19.1 Å². The summed E-state index contributed by atoms with van der Waals surface area (Å²) in [4.78, 5) is 48.0. The standard InChI is InChI=1S/C21H28N6O5/c1-3-4-9-32-17-16(18(22)28)23-19-15(26-6-5-24(2)21(26)30)12-14(13-27(19)20(17)29)25-7-10-31-11-8-25/h12-13H,3-11H2,1-2H3,(H2,22,28). The molecule has 2 aromatic rings. The summed E-state index contributed by atoms with van der Waals surface area (Å²) < 4.78 is 12.4. The summed E-state index contributed by atoms with van der Waals surface area (Å²) >= 11 is 0. The van der Waals surface area contributed by atoms with Crippen molar-refractivity contribution in [3.63, 3.8) is 0 Å². The first-order valence-corrected chi connectivity index (χ1v) is 10.8. The average molecular weight is 444 g/mol. The van der Waals surface area contributed by atoms with Crippen LogP contribution in [-0.4, -0.2) is 79.3 Å². The van der Waals surface area contributed by atoms with Crippen LogP contribution < -0.4 is 25.8 Å². The number of nitrogens with two attached hydrogens (primary N) is 1. The summed E-state index contributed by atoms with van der Waals surface area (Å²) in [7, 11) is 1.71. The summed E-state index contributed by atoms with van der Waals surface area (Å²) in [6.45, 7) is 5.68. The van der Waals surface area contributed by atoms with Gasteiger partial charge >= 0.3 is 11.6 Å². The number of urea groups is 1. The predicted octanol–water partition coefficient (Wildman–Crippen LogP) is 0.681. The Morgan fingerprint density at radius 2 is 1.97 bits per heavy atom. The number of aromatic nitrogens is 2. The number of carbonyl (C=O) groups excluding carboxylic acids is 2. The number of hydrogen-bond acceptors (Lipinski definition) is 7. The van der Waals surface area contributed by atoms with Crippen LogP contribution in [-0.2, 0) is 4.74 Å². The van der Waals surface area contributed by atoms with Gasteiger partial charge in [-0.25, -0.2) is 9.78 Å². The third-order valence-corrected chi connectivity index (χ3v) is 5.71. The fraction of sp³-hybridized carbons (Fsp3) is 0.524. The summed E-state index contributed by atoms with van der Waals surface area (Å²) in [5.41, 5.74) is 6.17. The lowest BCUT2D eigenvalue weighted by molar-refractivity contribution is 0.0990. The summed E-state index contributed by atoms with van der Waals surface area (Å²) in [6, 6.07) is 1.62. The molecule has 32 heavy (non-hydrogen) atoms. The van der Waals surface area contributed by atoms with Crippen LogP contribution in [0.1, 0.15) is 30.3 Å². The molecule has 0 spiro atoms. The predicted molar refractivity (Wildman–Crippen MR) is 119 cm³/mol. The molecule has 0 aliphatic carbocycles. The van der Waals surface area contributed by atoms with Crippen LogP contribution in [0.15, 0.2) is 17.1 Å². The number of rotatable bonds is 7. The maximum atomic E-state index is 13.4. The molecule has 0 unspecified atom stereocenters. The highest BCUT2D eigenvalue weighted by molar-refractivity contribution is 5.99. The first-order chi connectivity index (χ1) is 15.4. The SMILES string of the molecule is CCCCOc1c(C(N)=O)nc2c(N3CCN(C)C3=O)cc(N3CCOCC3)cn2c1=O. The number of anilines is 2. The Labute approximate surface area is 185 Å². The second-order valence-electron chi connectivity index (χ2n) is 7.89. The molecule has 2 saturated heterocycles. The molecule has 2 N–H and O–H groups in total. The highest BCUT2D eigenvalue weighted by Crippen LogP contribution is 2.30. The lowest BCUT2D eigenvalue weighted by Gasteiger charge is -2.30. The quantitative estimate of drug-likeness (QED) is 0.623. The molecule has 0 saturated carbocycles. The van der Waals surface area contributed by atoms with Gasteiger partial charge in [-0.3, -0.25) is 18.9 Å². The Morgan fingerprint density at radius 1 is 1.22 bits per heavy atom. The average Bonchev–Trinajstić information content (AvgIpc) is 3.13. The fourth-order valence-electron chi connectivity index (χ4n) is 3.87. The van der Waals surface area contributed by atoms with Gasteiger partial charge in [-0.05, 0) is 12.5 Å². The molecule has 172 valence electrons. The van der Waals surface area contributed by atoms with Crippen molar-refractivity contribution in [3.05, 3.63) is 28.3 Å². The largest absolute Gasteiger partial charge is 0.486 e. The van der Waals surface area contributed by atoms with Crippen molar-refractivity contribution in [1.29, 1.82) is 0 Å². The van der Waals surface area contributed by atoms with Gasteiger partial charge in [0.1, 0.15) is 0 Å². The van der Waals surface area contributed by atoms with Crippen molar-refractivity contribution in [2.45, 2.75) is 19.8 Å². The molecule has 0 bridgehead atoms. The van der Waals surface area contributed by atoms with Gasteiger partial charge in [0.15, 0.2) is 11.3 Å². The number of nitrogens with zero attached hydrogens (tertiary/aromatic N) is 5. The van der Waals surface area contributed by atoms with E-state index in [0.717, 1.165) is 12.1 Å². The highest BCUT2D eigenvalue weighted by Gasteiger charge is 2.31. The van der Waals surface area contributed by atoms with Crippen LogP contribution >= 0.6 is 0 Å². The molecule has 2 aromatic heterocycles. The van der Waals surface area contributed by atoms with Gasteiger partial charge in [-0.2, -0.15) is 0 Å². The molecule has 2 aliphatic rings. The lowest BCUT2D eigenvalue weighted by Crippen LogP contribution is -2.37. The number of fused-ring (bicyclic) bond motifs is 1. The Balaban J connectivity index is 1.93. The zero-order valence-corrected chi connectivity index (χ0v) is 18.4. The van der Waals surface area contributed by atoms with E-state index in [1.165, 1.54) is 4.40 Å². The van der Waals surface area contributed by atoms with E-state index < -0.39 is 11.5 Å². The van der Waals surface area contributed by atoms with E-state index in [9.17, 15) is 14.4 Å². The van der Waals surface area contributed by atoms with Crippen LogP contribution in [0.2, 0.25) is 0 Å². The molecule has 0 aromatic carbocycles.